The minimum absolute atomic E-state index is 0.0534. The molecule has 21 heavy (non-hydrogen) atoms. The number of benzene rings is 1. The predicted octanol–water partition coefficient (Wildman–Crippen LogP) is 2.20. The van der Waals surface area contributed by atoms with Gasteiger partial charge in [-0.1, -0.05) is 24.3 Å². The van der Waals surface area contributed by atoms with Crippen molar-refractivity contribution in [3.63, 3.8) is 0 Å². The fourth-order valence-corrected chi connectivity index (χ4v) is 2.53. The first-order valence-electron chi connectivity index (χ1n) is 7.13. The molecule has 0 aliphatic rings. The second-order valence-corrected chi connectivity index (χ2v) is 4.98. The zero-order valence-corrected chi connectivity index (χ0v) is 12.0. The van der Waals surface area contributed by atoms with Crippen LogP contribution in [0, 0.1) is 0 Å². The van der Waals surface area contributed by atoms with E-state index in [4.69, 9.17) is 10.8 Å². The zero-order chi connectivity index (χ0) is 14.7. The lowest BCUT2D eigenvalue weighted by atomic mass is 10.1. The molecule has 0 aliphatic carbocycles. The number of fused-ring (bicyclic) bond motifs is 1. The van der Waals surface area contributed by atoms with Crippen LogP contribution in [0.4, 0.5) is 0 Å². The van der Waals surface area contributed by atoms with Gasteiger partial charge in [-0.25, -0.2) is 4.98 Å². The zero-order valence-electron chi connectivity index (χ0n) is 12.0. The van der Waals surface area contributed by atoms with Crippen LogP contribution >= 0.6 is 0 Å². The summed E-state index contributed by atoms with van der Waals surface area (Å²) in [5.74, 6) is 6.74. The summed E-state index contributed by atoms with van der Waals surface area (Å²) >= 11 is 0. The van der Waals surface area contributed by atoms with Gasteiger partial charge in [0, 0.05) is 30.7 Å². The number of hydrazine groups is 1. The molecule has 0 saturated heterocycles. The lowest BCUT2D eigenvalue weighted by molar-refractivity contribution is 0.513. The average molecular weight is 281 g/mol. The molecule has 2 heterocycles. The van der Waals surface area contributed by atoms with Crippen molar-refractivity contribution in [3.05, 3.63) is 60.3 Å². The molecule has 0 fully saturated rings. The van der Waals surface area contributed by atoms with E-state index in [-0.39, 0.29) is 6.04 Å². The van der Waals surface area contributed by atoms with E-state index < -0.39 is 0 Å². The van der Waals surface area contributed by atoms with Crippen LogP contribution in [0.25, 0.3) is 10.9 Å². The summed E-state index contributed by atoms with van der Waals surface area (Å²) in [5.41, 5.74) is 4.77. The van der Waals surface area contributed by atoms with Gasteiger partial charge in [-0.15, -0.1) is 0 Å². The predicted molar refractivity (Wildman–Crippen MR) is 83.4 cm³/mol. The number of rotatable bonds is 5. The summed E-state index contributed by atoms with van der Waals surface area (Å²) in [6.45, 7) is 3.00. The quantitative estimate of drug-likeness (QED) is 0.555. The van der Waals surface area contributed by atoms with E-state index in [1.165, 1.54) is 0 Å². The van der Waals surface area contributed by atoms with Crippen LogP contribution in [0.2, 0.25) is 0 Å². The topological polar surface area (TPSA) is 68.8 Å². The molecule has 0 amide bonds. The molecule has 0 spiro atoms. The highest BCUT2D eigenvalue weighted by Crippen LogP contribution is 2.19. The summed E-state index contributed by atoms with van der Waals surface area (Å²) < 4.78 is 2.12. The van der Waals surface area contributed by atoms with Crippen LogP contribution in [0.3, 0.4) is 0 Å². The first-order chi connectivity index (χ1) is 10.3. The van der Waals surface area contributed by atoms with Crippen molar-refractivity contribution >= 4 is 10.9 Å². The molecule has 3 N–H and O–H groups in total. The number of imidazole rings is 1. The molecule has 0 radical (unpaired) electrons. The molecule has 0 bridgehead atoms. The number of nitrogens with two attached hydrogens (primary N) is 1. The van der Waals surface area contributed by atoms with Gasteiger partial charge in [0.1, 0.15) is 5.82 Å². The average Bonchev–Trinajstić information content (AvgIpc) is 2.99. The molecule has 0 aliphatic heterocycles. The lowest BCUT2D eigenvalue weighted by Gasteiger charge is -2.16. The van der Waals surface area contributed by atoms with Gasteiger partial charge in [-0.2, -0.15) is 0 Å². The first kappa shape index (κ1) is 13.7. The maximum atomic E-state index is 5.73. The molecule has 1 aromatic carbocycles. The minimum Gasteiger partial charge on any atom is -0.335 e. The summed E-state index contributed by atoms with van der Waals surface area (Å²) in [7, 11) is 0. The molecule has 108 valence electrons. The van der Waals surface area contributed by atoms with Crippen LogP contribution < -0.4 is 11.3 Å². The molecule has 3 rings (SSSR count). The number of hydrogen-bond acceptors (Lipinski definition) is 4. The standard InChI is InChI=1S/C16H19N5/c1-2-21-10-9-18-16(21)11-15(20-17)14-8-7-12-5-3-4-6-13(12)19-14/h3-10,15,20H,2,11,17H2,1H3. The van der Waals surface area contributed by atoms with Crippen LogP contribution in [-0.2, 0) is 13.0 Å². The van der Waals surface area contributed by atoms with E-state index in [0.29, 0.717) is 6.42 Å². The maximum Gasteiger partial charge on any atom is 0.110 e. The normalized spacial score (nSPS) is 12.7. The van der Waals surface area contributed by atoms with Crippen molar-refractivity contribution in [2.45, 2.75) is 25.9 Å². The highest BCUT2D eigenvalue weighted by molar-refractivity contribution is 5.78. The van der Waals surface area contributed by atoms with Crippen LogP contribution in [-0.4, -0.2) is 14.5 Å². The highest BCUT2D eigenvalue weighted by atomic mass is 15.2. The van der Waals surface area contributed by atoms with E-state index in [0.717, 1.165) is 29.0 Å². The Bertz CT molecular complexity index is 734. The maximum absolute atomic E-state index is 5.73. The Morgan fingerprint density at radius 1 is 1.24 bits per heavy atom. The Morgan fingerprint density at radius 3 is 2.90 bits per heavy atom. The third kappa shape index (κ3) is 2.79. The summed E-state index contributed by atoms with van der Waals surface area (Å²) in [4.78, 5) is 9.11. The number of hydrogen-bond donors (Lipinski definition) is 2. The van der Waals surface area contributed by atoms with E-state index in [2.05, 4.69) is 34.0 Å². The minimum atomic E-state index is -0.0534. The molecular formula is C16H19N5. The Hall–Kier alpha value is -2.24. The highest BCUT2D eigenvalue weighted by Gasteiger charge is 2.15. The van der Waals surface area contributed by atoms with Gasteiger partial charge in [-0.3, -0.25) is 16.3 Å². The van der Waals surface area contributed by atoms with Gasteiger partial charge in [-0.05, 0) is 19.1 Å². The third-order valence-electron chi connectivity index (χ3n) is 3.71. The number of nitrogens with zero attached hydrogens (tertiary/aromatic N) is 3. The Balaban J connectivity index is 1.90. The van der Waals surface area contributed by atoms with E-state index in [1.54, 1.807) is 0 Å². The SMILES string of the molecule is CCn1ccnc1CC(NN)c1ccc2ccccc2n1. The molecule has 3 aromatic rings. The molecule has 1 unspecified atom stereocenters. The molecule has 0 saturated carbocycles. The number of pyridine rings is 1. The summed E-state index contributed by atoms with van der Waals surface area (Å²) in [6.07, 6.45) is 4.51. The molecule has 1 atom stereocenters. The van der Waals surface area contributed by atoms with Crippen LogP contribution in [0.5, 0.6) is 0 Å². The van der Waals surface area contributed by atoms with Gasteiger partial charge in [0.05, 0.1) is 17.3 Å². The molecule has 5 nitrogen and oxygen atoms in total. The molecular weight excluding hydrogens is 262 g/mol. The van der Waals surface area contributed by atoms with Crippen molar-refractivity contribution in [1.82, 2.24) is 20.0 Å². The molecule has 2 aromatic heterocycles. The van der Waals surface area contributed by atoms with Crippen molar-refractivity contribution < 1.29 is 0 Å². The van der Waals surface area contributed by atoms with Gasteiger partial charge >= 0.3 is 0 Å². The Labute approximate surface area is 123 Å². The number of aryl methyl sites for hydroxylation is 1. The van der Waals surface area contributed by atoms with E-state index in [9.17, 15) is 0 Å². The van der Waals surface area contributed by atoms with Crippen LogP contribution in [0.1, 0.15) is 24.5 Å². The van der Waals surface area contributed by atoms with Crippen molar-refractivity contribution in [1.29, 1.82) is 0 Å². The van der Waals surface area contributed by atoms with Gasteiger partial charge < -0.3 is 4.57 Å². The summed E-state index contributed by atoms with van der Waals surface area (Å²) in [5, 5.41) is 1.13. The number of nitrogens with one attached hydrogen (secondary N) is 1. The van der Waals surface area contributed by atoms with Gasteiger partial charge in [0.15, 0.2) is 0 Å². The monoisotopic (exact) mass is 281 g/mol. The van der Waals surface area contributed by atoms with Gasteiger partial charge in [0.25, 0.3) is 0 Å². The van der Waals surface area contributed by atoms with E-state index >= 15 is 0 Å². The van der Waals surface area contributed by atoms with Crippen LogP contribution in [0.15, 0.2) is 48.8 Å². The van der Waals surface area contributed by atoms with Crippen molar-refractivity contribution in [2.75, 3.05) is 0 Å². The fraction of sp³-hybridized carbons (Fsp3) is 0.250. The van der Waals surface area contributed by atoms with Gasteiger partial charge in [0.2, 0.25) is 0 Å². The Morgan fingerprint density at radius 2 is 2.10 bits per heavy atom. The second-order valence-electron chi connectivity index (χ2n) is 4.98. The Kier molecular flexibility index (Phi) is 3.94. The lowest BCUT2D eigenvalue weighted by Crippen LogP contribution is -2.31. The third-order valence-corrected chi connectivity index (χ3v) is 3.71. The van der Waals surface area contributed by atoms with Crippen molar-refractivity contribution in [2.24, 2.45) is 5.84 Å². The fourth-order valence-electron chi connectivity index (χ4n) is 2.53. The first-order valence-corrected chi connectivity index (χ1v) is 7.13. The smallest absolute Gasteiger partial charge is 0.110 e. The van der Waals surface area contributed by atoms with E-state index in [1.807, 2.05) is 36.7 Å². The number of aromatic nitrogens is 3. The molecule has 5 heteroatoms. The summed E-state index contributed by atoms with van der Waals surface area (Å²) in [6, 6.07) is 12.1. The largest absolute Gasteiger partial charge is 0.335 e. The second kappa shape index (κ2) is 6.03. The van der Waals surface area contributed by atoms with Crippen molar-refractivity contribution in [3.8, 4) is 0 Å². The number of para-hydroxylation sites is 1.